The van der Waals surface area contributed by atoms with Gasteiger partial charge in [0, 0.05) is 5.56 Å². The summed E-state index contributed by atoms with van der Waals surface area (Å²) in [6, 6.07) is 2.68. The lowest BCUT2D eigenvalue weighted by Gasteiger charge is -2.02. The number of alkyl halides is 2. The van der Waals surface area contributed by atoms with Gasteiger partial charge < -0.3 is 5.11 Å². The Labute approximate surface area is 81.8 Å². The van der Waals surface area contributed by atoms with Crippen LogP contribution in [0.4, 0.5) is 8.78 Å². The van der Waals surface area contributed by atoms with Crippen molar-refractivity contribution in [3.63, 3.8) is 0 Å². The van der Waals surface area contributed by atoms with Gasteiger partial charge in [-0.2, -0.15) is 0 Å². The van der Waals surface area contributed by atoms with Crippen LogP contribution in [0.3, 0.4) is 0 Å². The van der Waals surface area contributed by atoms with E-state index < -0.39 is 6.43 Å². The summed E-state index contributed by atoms with van der Waals surface area (Å²) in [6.45, 7) is -0.172. The van der Waals surface area contributed by atoms with Gasteiger partial charge in [0.2, 0.25) is 0 Å². The normalized spacial score (nSPS) is 10.8. The van der Waals surface area contributed by atoms with Gasteiger partial charge in [-0.15, -0.1) is 0 Å². The fourth-order valence-electron chi connectivity index (χ4n) is 0.717. The van der Waals surface area contributed by atoms with Gasteiger partial charge in [-0.05, 0) is 28.7 Å². The Balaban J connectivity index is 3.02. The minimum Gasteiger partial charge on any atom is -0.392 e. The first-order valence-electron chi connectivity index (χ1n) is 3.19. The summed E-state index contributed by atoms with van der Waals surface area (Å²) in [5, 5.41) is 8.72. The highest BCUT2D eigenvalue weighted by molar-refractivity contribution is 14.1. The van der Waals surface area contributed by atoms with Gasteiger partial charge in [-0.25, -0.2) is 13.8 Å². The summed E-state index contributed by atoms with van der Waals surface area (Å²) in [7, 11) is 0. The number of aliphatic hydroxyl groups is 1. The average Bonchev–Trinajstić information content (AvgIpc) is 2.04. The molecule has 12 heavy (non-hydrogen) atoms. The predicted octanol–water partition coefficient (Wildman–Crippen LogP) is 2.12. The molecule has 0 aliphatic carbocycles. The van der Waals surface area contributed by atoms with Crippen molar-refractivity contribution >= 4 is 22.6 Å². The number of rotatable bonds is 2. The van der Waals surface area contributed by atoms with Gasteiger partial charge in [0.1, 0.15) is 9.39 Å². The lowest BCUT2D eigenvalue weighted by molar-refractivity contribution is 0.145. The molecule has 66 valence electrons. The zero-order valence-corrected chi connectivity index (χ0v) is 8.12. The minimum absolute atomic E-state index is 0.172. The molecule has 1 rings (SSSR count). The molecule has 0 spiro atoms. The van der Waals surface area contributed by atoms with E-state index in [0.717, 1.165) is 0 Å². The van der Waals surface area contributed by atoms with E-state index in [2.05, 4.69) is 4.98 Å². The number of aliphatic hydroxyl groups excluding tert-OH is 1. The molecule has 0 unspecified atom stereocenters. The minimum atomic E-state index is -2.55. The second-order valence-electron chi connectivity index (χ2n) is 2.14. The summed E-state index contributed by atoms with van der Waals surface area (Å²) in [6.07, 6.45) is -2.55. The largest absolute Gasteiger partial charge is 0.392 e. The standard InChI is InChI=1S/C7H6F2INO/c8-6(9)5-2-1-4(3-12)7(10)11-5/h1-2,6,12H,3H2. The van der Waals surface area contributed by atoms with Gasteiger partial charge in [-0.3, -0.25) is 0 Å². The highest BCUT2D eigenvalue weighted by Crippen LogP contribution is 2.19. The summed E-state index contributed by atoms with van der Waals surface area (Å²) in [4.78, 5) is 3.62. The Hall–Kier alpha value is -0.300. The first-order valence-corrected chi connectivity index (χ1v) is 4.27. The Bertz CT molecular complexity index is 280. The van der Waals surface area contributed by atoms with E-state index in [1.165, 1.54) is 12.1 Å². The molecule has 0 aliphatic heterocycles. The zero-order valence-electron chi connectivity index (χ0n) is 5.97. The Morgan fingerprint density at radius 3 is 2.58 bits per heavy atom. The van der Waals surface area contributed by atoms with Crippen LogP contribution in [0.1, 0.15) is 17.7 Å². The Kier molecular flexibility index (Phi) is 3.33. The zero-order chi connectivity index (χ0) is 9.14. The first kappa shape index (κ1) is 9.79. The molecule has 0 radical (unpaired) electrons. The molecule has 0 amide bonds. The van der Waals surface area contributed by atoms with Crippen LogP contribution in [0.25, 0.3) is 0 Å². The molecule has 0 atom stereocenters. The van der Waals surface area contributed by atoms with Crippen molar-refractivity contribution in [2.45, 2.75) is 13.0 Å². The third-order valence-electron chi connectivity index (χ3n) is 1.34. The maximum atomic E-state index is 12.1. The molecule has 0 saturated carbocycles. The summed E-state index contributed by atoms with van der Waals surface area (Å²) in [5.41, 5.74) is 0.316. The van der Waals surface area contributed by atoms with E-state index in [1.54, 1.807) is 0 Å². The lowest BCUT2D eigenvalue weighted by Crippen LogP contribution is -1.97. The SMILES string of the molecule is OCc1ccc(C(F)F)nc1I. The van der Waals surface area contributed by atoms with E-state index in [4.69, 9.17) is 5.11 Å². The van der Waals surface area contributed by atoms with Gasteiger partial charge in [0.15, 0.2) is 0 Å². The number of aromatic nitrogens is 1. The Morgan fingerprint density at radius 2 is 2.17 bits per heavy atom. The van der Waals surface area contributed by atoms with Crippen molar-refractivity contribution in [2.75, 3.05) is 0 Å². The number of halogens is 3. The molecule has 0 saturated heterocycles. The summed E-state index contributed by atoms with van der Waals surface area (Å²) in [5.74, 6) is 0. The van der Waals surface area contributed by atoms with Gasteiger partial charge in [-0.1, -0.05) is 6.07 Å². The van der Waals surface area contributed by atoms with Gasteiger partial charge in [0.05, 0.1) is 6.61 Å². The van der Waals surface area contributed by atoms with Gasteiger partial charge >= 0.3 is 0 Å². The number of hydrogen-bond acceptors (Lipinski definition) is 2. The van der Waals surface area contributed by atoms with Crippen molar-refractivity contribution in [2.24, 2.45) is 0 Å². The molecule has 5 heteroatoms. The van der Waals surface area contributed by atoms with E-state index in [1.807, 2.05) is 22.6 Å². The number of pyridine rings is 1. The Morgan fingerprint density at radius 1 is 1.50 bits per heavy atom. The molecule has 1 heterocycles. The molecule has 1 aromatic heterocycles. The average molecular weight is 285 g/mol. The topological polar surface area (TPSA) is 33.1 Å². The van der Waals surface area contributed by atoms with Crippen LogP contribution in [-0.4, -0.2) is 10.1 Å². The van der Waals surface area contributed by atoms with Crippen molar-refractivity contribution in [3.05, 3.63) is 27.1 Å². The van der Waals surface area contributed by atoms with Crippen LogP contribution < -0.4 is 0 Å². The van der Waals surface area contributed by atoms with Crippen LogP contribution in [0, 0.1) is 3.70 Å². The van der Waals surface area contributed by atoms with Gasteiger partial charge in [0.25, 0.3) is 6.43 Å². The lowest BCUT2D eigenvalue weighted by atomic mass is 10.2. The fourth-order valence-corrected chi connectivity index (χ4v) is 1.35. The predicted molar refractivity (Wildman–Crippen MR) is 47.8 cm³/mol. The third-order valence-corrected chi connectivity index (χ3v) is 2.28. The van der Waals surface area contributed by atoms with E-state index in [9.17, 15) is 8.78 Å². The molecular formula is C7H6F2INO. The molecule has 0 bridgehead atoms. The first-order chi connectivity index (χ1) is 5.65. The van der Waals surface area contributed by atoms with Crippen molar-refractivity contribution in [1.82, 2.24) is 4.98 Å². The van der Waals surface area contributed by atoms with E-state index >= 15 is 0 Å². The smallest absolute Gasteiger partial charge is 0.280 e. The van der Waals surface area contributed by atoms with Crippen LogP contribution in [0.15, 0.2) is 12.1 Å². The molecule has 0 aliphatic rings. The molecule has 0 fully saturated rings. The summed E-state index contributed by atoms with van der Waals surface area (Å²) >= 11 is 1.81. The van der Waals surface area contributed by atoms with Crippen LogP contribution >= 0.6 is 22.6 Å². The maximum absolute atomic E-state index is 12.1. The van der Waals surface area contributed by atoms with Crippen molar-refractivity contribution < 1.29 is 13.9 Å². The highest BCUT2D eigenvalue weighted by Gasteiger charge is 2.10. The maximum Gasteiger partial charge on any atom is 0.280 e. The second-order valence-corrected chi connectivity index (χ2v) is 3.17. The fraction of sp³-hybridized carbons (Fsp3) is 0.286. The number of hydrogen-bond donors (Lipinski definition) is 1. The van der Waals surface area contributed by atoms with E-state index in [-0.39, 0.29) is 12.3 Å². The molecular weight excluding hydrogens is 279 g/mol. The van der Waals surface area contributed by atoms with Crippen molar-refractivity contribution in [3.8, 4) is 0 Å². The highest BCUT2D eigenvalue weighted by atomic mass is 127. The second kappa shape index (κ2) is 4.08. The monoisotopic (exact) mass is 285 g/mol. The molecule has 0 aromatic carbocycles. The molecule has 1 aromatic rings. The third kappa shape index (κ3) is 2.10. The molecule has 2 nitrogen and oxygen atoms in total. The van der Waals surface area contributed by atoms with E-state index in [0.29, 0.717) is 9.26 Å². The van der Waals surface area contributed by atoms with Crippen LogP contribution in [-0.2, 0) is 6.61 Å². The quantitative estimate of drug-likeness (QED) is 0.667. The molecule has 1 N–H and O–H groups in total. The summed E-state index contributed by atoms with van der Waals surface area (Å²) < 4.78 is 24.5. The van der Waals surface area contributed by atoms with Crippen LogP contribution in [0.2, 0.25) is 0 Å². The van der Waals surface area contributed by atoms with Crippen LogP contribution in [0.5, 0.6) is 0 Å². The number of nitrogens with zero attached hydrogens (tertiary/aromatic N) is 1. The van der Waals surface area contributed by atoms with Crippen molar-refractivity contribution in [1.29, 1.82) is 0 Å².